The molecule has 0 aliphatic carbocycles. The standard InChI is InChI=1S/C13H18N2O4/c1-19-11-5-6-12(15(17)18)13(8-11)14-7-3-2-4-10(14)9-16/h5-6,8,10,16H,2-4,7,9H2,1H3. The number of nitro benzene ring substituents is 1. The highest BCUT2D eigenvalue weighted by molar-refractivity contribution is 5.66. The van der Waals surface area contributed by atoms with Crippen molar-refractivity contribution in [3.05, 3.63) is 28.3 Å². The maximum Gasteiger partial charge on any atom is 0.292 e. The van der Waals surface area contributed by atoms with Crippen molar-refractivity contribution in [1.82, 2.24) is 0 Å². The third kappa shape index (κ3) is 2.78. The van der Waals surface area contributed by atoms with Crippen LogP contribution in [0.3, 0.4) is 0 Å². The Morgan fingerprint density at radius 1 is 1.53 bits per heavy atom. The van der Waals surface area contributed by atoms with Crippen molar-refractivity contribution in [2.45, 2.75) is 25.3 Å². The minimum Gasteiger partial charge on any atom is -0.497 e. The van der Waals surface area contributed by atoms with Crippen LogP contribution in [0, 0.1) is 10.1 Å². The Morgan fingerprint density at radius 3 is 2.95 bits per heavy atom. The minimum absolute atomic E-state index is 0.00830. The number of piperidine rings is 1. The third-order valence-corrected chi connectivity index (χ3v) is 3.53. The lowest BCUT2D eigenvalue weighted by Crippen LogP contribution is -2.42. The first-order chi connectivity index (χ1) is 9.17. The van der Waals surface area contributed by atoms with Crippen LogP contribution in [0.25, 0.3) is 0 Å². The molecule has 2 rings (SSSR count). The van der Waals surface area contributed by atoms with Crippen LogP contribution >= 0.6 is 0 Å². The van der Waals surface area contributed by atoms with E-state index in [-0.39, 0.29) is 18.3 Å². The van der Waals surface area contributed by atoms with Gasteiger partial charge in [-0.25, -0.2) is 0 Å². The molecule has 6 nitrogen and oxygen atoms in total. The van der Waals surface area contributed by atoms with Crippen LogP contribution in [0.1, 0.15) is 19.3 Å². The first-order valence-electron chi connectivity index (χ1n) is 6.37. The number of rotatable bonds is 4. The average molecular weight is 266 g/mol. The molecule has 0 radical (unpaired) electrons. The molecule has 19 heavy (non-hydrogen) atoms. The average Bonchev–Trinajstić information content (AvgIpc) is 2.46. The summed E-state index contributed by atoms with van der Waals surface area (Å²) in [5.41, 5.74) is 0.587. The molecule has 104 valence electrons. The van der Waals surface area contributed by atoms with E-state index in [0.717, 1.165) is 25.8 Å². The molecule has 0 spiro atoms. The predicted molar refractivity (Wildman–Crippen MR) is 71.7 cm³/mol. The lowest BCUT2D eigenvalue weighted by molar-refractivity contribution is -0.384. The van der Waals surface area contributed by atoms with Crippen LogP contribution < -0.4 is 9.64 Å². The Balaban J connectivity index is 2.42. The summed E-state index contributed by atoms with van der Waals surface area (Å²) in [4.78, 5) is 12.7. The van der Waals surface area contributed by atoms with Gasteiger partial charge in [-0.3, -0.25) is 10.1 Å². The van der Waals surface area contributed by atoms with E-state index >= 15 is 0 Å². The lowest BCUT2D eigenvalue weighted by atomic mass is 10.0. The fourth-order valence-electron chi connectivity index (χ4n) is 2.52. The van der Waals surface area contributed by atoms with E-state index in [1.54, 1.807) is 12.1 Å². The zero-order valence-electron chi connectivity index (χ0n) is 10.9. The number of nitro groups is 1. The zero-order valence-corrected chi connectivity index (χ0v) is 10.9. The monoisotopic (exact) mass is 266 g/mol. The second-order valence-corrected chi connectivity index (χ2v) is 4.64. The van der Waals surface area contributed by atoms with Crippen molar-refractivity contribution in [2.75, 3.05) is 25.2 Å². The molecule has 0 saturated carbocycles. The van der Waals surface area contributed by atoms with Crippen molar-refractivity contribution in [3.8, 4) is 5.75 Å². The molecule has 0 bridgehead atoms. The van der Waals surface area contributed by atoms with Crippen LogP contribution in [-0.2, 0) is 0 Å². The maximum absolute atomic E-state index is 11.1. The van der Waals surface area contributed by atoms with Gasteiger partial charge in [0.05, 0.1) is 24.7 Å². The Hall–Kier alpha value is -1.82. The summed E-state index contributed by atoms with van der Waals surface area (Å²) >= 11 is 0. The fraction of sp³-hybridized carbons (Fsp3) is 0.538. The first kappa shape index (κ1) is 13.6. The number of nitrogens with zero attached hydrogens (tertiary/aromatic N) is 2. The number of aliphatic hydroxyl groups excluding tert-OH is 1. The summed E-state index contributed by atoms with van der Waals surface area (Å²) in [6.07, 6.45) is 2.87. The number of hydrogen-bond acceptors (Lipinski definition) is 5. The van der Waals surface area contributed by atoms with Crippen LogP contribution in [-0.4, -0.2) is 36.3 Å². The summed E-state index contributed by atoms with van der Waals surface area (Å²) in [5, 5.41) is 20.6. The van der Waals surface area contributed by atoms with Gasteiger partial charge in [-0.2, -0.15) is 0 Å². The molecule has 0 aromatic heterocycles. The number of ether oxygens (including phenoxy) is 1. The van der Waals surface area contributed by atoms with Crippen molar-refractivity contribution in [1.29, 1.82) is 0 Å². The van der Waals surface area contributed by atoms with Gasteiger partial charge in [0, 0.05) is 18.7 Å². The highest BCUT2D eigenvalue weighted by Gasteiger charge is 2.28. The van der Waals surface area contributed by atoms with Gasteiger partial charge in [-0.05, 0) is 25.3 Å². The molecule has 1 unspecified atom stereocenters. The highest BCUT2D eigenvalue weighted by atomic mass is 16.6. The molecule has 1 aromatic carbocycles. The molecule has 1 atom stereocenters. The second kappa shape index (κ2) is 5.88. The molecule has 6 heteroatoms. The van der Waals surface area contributed by atoms with Crippen molar-refractivity contribution in [3.63, 3.8) is 0 Å². The zero-order chi connectivity index (χ0) is 13.8. The quantitative estimate of drug-likeness (QED) is 0.666. The predicted octanol–water partition coefficient (Wildman–Crippen LogP) is 1.95. The topological polar surface area (TPSA) is 75.8 Å². The van der Waals surface area contributed by atoms with Gasteiger partial charge < -0.3 is 14.7 Å². The number of aliphatic hydroxyl groups is 1. The molecule has 1 fully saturated rings. The Kier molecular flexibility index (Phi) is 4.21. The SMILES string of the molecule is COc1ccc([N+](=O)[O-])c(N2CCCCC2CO)c1. The normalized spacial score (nSPS) is 19.3. The van der Waals surface area contributed by atoms with Crippen LogP contribution in [0.4, 0.5) is 11.4 Å². The maximum atomic E-state index is 11.1. The van der Waals surface area contributed by atoms with E-state index in [2.05, 4.69) is 0 Å². The van der Waals surface area contributed by atoms with E-state index in [1.807, 2.05) is 4.90 Å². The molecule has 0 amide bonds. The van der Waals surface area contributed by atoms with Gasteiger partial charge in [0.15, 0.2) is 0 Å². The summed E-state index contributed by atoms with van der Waals surface area (Å²) in [7, 11) is 1.53. The molecule has 1 aliphatic rings. The molecule has 1 heterocycles. The van der Waals surface area contributed by atoms with Gasteiger partial charge >= 0.3 is 0 Å². The molecular weight excluding hydrogens is 248 g/mol. The third-order valence-electron chi connectivity index (χ3n) is 3.53. The van der Waals surface area contributed by atoms with Crippen molar-refractivity contribution >= 4 is 11.4 Å². The van der Waals surface area contributed by atoms with Gasteiger partial charge in [0.25, 0.3) is 5.69 Å². The van der Waals surface area contributed by atoms with E-state index < -0.39 is 4.92 Å². The minimum atomic E-state index is -0.391. The number of hydrogen-bond donors (Lipinski definition) is 1. The van der Waals surface area contributed by atoms with Gasteiger partial charge in [0.1, 0.15) is 11.4 Å². The molecule has 1 aromatic rings. The summed E-state index contributed by atoms with van der Waals surface area (Å²) in [6.45, 7) is 0.730. The van der Waals surface area contributed by atoms with Gasteiger partial charge in [-0.1, -0.05) is 0 Å². The van der Waals surface area contributed by atoms with E-state index in [9.17, 15) is 15.2 Å². The number of methoxy groups -OCH3 is 1. The second-order valence-electron chi connectivity index (χ2n) is 4.64. The Morgan fingerprint density at radius 2 is 2.32 bits per heavy atom. The lowest BCUT2D eigenvalue weighted by Gasteiger charge is -2.36. The Bertz CT molecular complexity index is 464. The molecular formula is C13H18N2O4. The van der Waals surface area contributed by atoms with E-state index in [4.69, 9.17) is 4.74 Å². The number of anilines is 1. The van der Waals surface area contributed by atoms with Crippen LogP contribution in [0.15, 0.2) is 18.2 Å². The first-order valence-corrected chi connectivity index (χ1v) is 6.37. The Labute approximate surface area is 111 Å². The summed E-state index contributed by atoms with van der Waals surface area (Å²) in [5.74, 6) is 0.586. The summed E-state index contributed by atoms with van der Waals surface area (Å²) < 4.78 is 5.14. The summed E-state index contributed by atoms with van der Waals surface area (Å²) in [6, 6.07) is 4.66. The van der Waals surface area contributed by atoms with Crippen molar-refractivity contribution in [2.24, 2.45) is 0 Å². The smallest absolute Gasteiger partial charge is 0.292 e. The van der Waals surface area contributed by atoms with Crippen LogP contribution in [0.2, 0.25) is 0 Å². The number of benzene rings is 1. The highest BCUT2D eigenvalue weighted by Crippen LogP contribution is 2.35. The molecule has 1 aliphatic heterocycles. The van der Waals surface area contributed by atoms with Gasteiger partial charge in [-0.15, -0.1) is 0 Å². The van der Waals surface area contributed by atoms with Gasteiger partial charge in [0.2, 0.25) is 0 Å². The van der Waals surface area contributed by atoms with E-state index in [1.165, 1.54) is 13.2 Å². The fourth-order valence-corrected chi connectivity index (χ4v) is 2.52. The largest absolute Gasteiger partial charge is 0.497 e. The van der Waals surface area contributed by atoms with E-state index in [0.29, 0.717) is 11.4 Å². The molecule has 1 N–H and O–H groups in total. The van der Waals surface area contributed by atoms with Crippen molar-refractivity contribution < 1.29 is 14.8 Å². The molecule has 1 saturated heterocycles. The van der Waals surface area contributed by atoms with Crippen LogP contribution in [0.5, 0.6) is 5.75 Å².